The molecule has 0 aliphatic carbocycles. The Morgan fingerprint density at radius 2 is 1.96 bits per heavy atom. The number of para-hydroxylation sites is 1. The zero-order chi connectivity index (χ0) is 15.6. The number of benzene rings is 1. The number of likely N-dealkylation sites (tertiary alicyclic amines) is 2. The summed E-state index contributed by atoms with van der Waals surface area (Å²) in [5.41, 5.74) is 1.11. The normalized spacial score (nSPS) is 20.4. The minimum atomic E-state index is 0.352. The second kappa shape index (κ2) is 6.57. The predicted octanol–water partition coefficient (Wildman–Crippen LogP) is 1.68. The minimum Gasteiger partial charge on any atom is -0.338 e. The SMILES string of the molecule is O=C(C[NH+]1CCCC1)N1CCC(c2nc3ccccc3s2)CC1. The van der Waals surface area contributed by atoms with Crippen LogP contribution < -0.4 is 4.90 Å². The van der Waals surface area contributed by atoms with Crippen molar-refractivity contribution in [1.82, 2.24) is 9.88 Å². The van der Waals surface area contributed by atoms with E-state index in [-0.39, 0.29) is 0 Å². The van der Waals surface area contributed by atoms with Crippen molar-refractivity contribution >= 4 is 27.5 Å². The molecule has 0 unspecified atom stereocenters. The third-order valence-electron chi connectivity index (χ3n) is 5.22. The average Bonchev–Trinajstić information content (AvgIpc) is 3.24. The zero-order valence-corrected chi connectivity index (χ0v) is 14.3. The van der Waals surface area contributed by atoms with Gasteiger partial charge in [0, 0.05) is 31.8 Å². The van der Waals surface area contributed by atoms with Crippen molar-refractivity contribution in [1.29, 1.82) is 0 Å². The van der Waals surface area contributed by atoms with Crippen LogP contribution in [-0.2, 0) is 4.79 Å². The van der Waals surface area contributed by atoms with Crippen LogP contribution in [-0.4, -0.2) is 48.5 Å². The van der Waals surface area contributed by atoms with Crippen molar-refractivity contribution in [2.45, 2.75) is 31.6 Å². The zero-order valence-electron chi connectivity index (χ0n) is 13.5. The number of fused-ring (bicyclic) bond motifs is 1. The number of piperidine rings is 1. The van der Waals surface area contributed by atoms with Crippen LogP contribution in [0.1, 0.15) is 36.6 Å². The van der Waals surface area contributed by atoms with E-state index in [0.29, 0.717) is 18.4 Å². The lowest BCUT2D eigenvalue weighted by Gasteiger charge is -2.31. The van der Waals surface area contributed by atoms with E-state index in [1.54, 1.807) is 0 Å². The maximum absolute atomic E-state index is 12.4. The lowest BCUT2D eigenvalue weighted by atomic mass is 9.97. The molecular weight excluding hydrogens is 306 g/mol. The van der Waals surface area contributed by atoms with E-state index in [0.717, 1.165) is 31.4 Å². The summed E-state index contributed by atoms with van der Waals surface area (Å²) in [5.74, 6) is 0.875. The first-order chi connectivity index (χ1) is 11.3. The van der Waals surface area contributed by atoms with Crippen molar-refractivity contribution < 1.29 is 9.69 Å². The molecule has 1 aromatic heterocycles. The molecule has 4 nitrogen and oxygen atoms in total. The summed E-state index contributed by atoms with van der Waals surface area (Å²) in [6.07, 6.45) is 4.67. The van der Waals surface area contributed by atoms with Gasteiger partial charge >= 0.3 is 0 Å². The number of rotatable bonds is 3. The second-order valence-electron chi connectivity index (χ2n) is 6.81. The van der Waals surface area contributed by atoms with Gasteiger partial charge in [-0.15, -0.1) is 11.3 Å². The summed E-state index contributed by atoms with van der Waals surface area (Å²) in [4.78, 5) is 20.8. The van der Waals surface area contributed by atoms with Crippen LogP contribution in [0.4, 0.5) is 0 Å². The summed E-state index contributed by atoms with van der Waals surface area (Å²) in [7, 11) is 0. The highest BCUT2D eigenvalue weighted by Gasteiger charge is 2.28. The molecule has 2 aromatic rings. The van der Waals surface area contributed by atoms with E-state index < -0.39 is 0 Å². The van der Waals surface area contributed by atoms with Gasteiger partial charge < -0.3 is 9.80 Å². The molecule has 2 fully saturated rings. The molecule has 5 heteroatoms. The molecule has 23 heavy (non-hydrogen) atoms. The Bertz CT molecular complexity index is 651. The highest BCUT2D eigenvalue weighted by Crippen LogP contribution is 2.33. The van der Waals surface area contributed by atoms with Gasteiger partial charge in [-0.1, -0.05) is 12.1 Å². The molecule has 2 aliphatic rings. The third-order valence-corrected chi connectivity index (χ3v) is 6.42. The molecule has 1 amide bonds. The highest BCUT2D eigenvalue weighted by atomic mass is 32.1. The lowest BCUT2D eigenvalue weighted by molar-refractivity contribution is -0.879. The molecule has 122 valence electrons. The topological polar surface area (TPSA) is 37.6 Å². The third kappa shape index (κ3) is 3.26. The monoisotopic (exact) mass is 330 g/mol. The lowest BCUT2D eigenvalue weighted by Crippen LogP contribution is -3.11. The van der Waals surface area contributed by atoms with Crippen LogP contribution >= 0.6 is 11.3 Å². The molecule has 0 saturated carbocycles. The van der Waals surface area contributed by atoms with Gasteiger partial charge in [0.1, 0.15) is 0 Å². The Hall–Kier alpha value is -1.46. The Kier molecular flexibility index (Phi) is 4.31. The quantitative estimate of drug-likeness (QED) is 0.930. The van der Waals surface area contributed by atoms with Gasteiger partial charge in [0.05, 0.1) is 28.3 Å². The number of quaternary nitrogens is 1. The van der Waals surface area contributed by atoms with Crippen LogP contribution in [0.2, 0.25) is 0 Å². The molecule has 0 atom stereocenters. The molecule has 1 aromatic carbocycles. The molecule has 1 N–H and O–H groups in total. The minimum absolute atomic E-state index is 0.352. The van der Waals surface area contributed by atoms with Crippen molar-refractivity contribution in [3.63, 3.8) is 0 Å². The first kappa shape index (κ1) is 15.1. The van der Waals surface area contributed by atoms with Crippen LogP contribution in [0.15, 0.2) is 24.3 Å². The number of amides is 1. The summed E-state index contributed by atoms with van der Waals surface area (Å²) in [5, 5.41) is 1.25. The predicted molar refractivity (Wildman–Crippen MR) is 93.0 cm³/mol. The average molecular weight is 330 g/mol. The second-order valence-corrected chi connectivity index (χ2v) is 7.87. The van der Waals surface area contributed by atoms with Crippen LogP contribution in [0.5, 0.6) is 0 Å². The van der Waals surface area contributed by atoms with Crippen LogP contribution in [0.25, 0.3) is 10.2 Å². The molecule has 0 radical (unpaired) electrons. The van der Waals surface area contributed by atoms with Gasteiger partial charge in [-0.2, -0.15) is 0 Å². The maximum Gasteiger partial charge on any atom is 0.277 e. The summed E-state index contributed by atoms with van der Waals surface area (Å²) in [6.45, 7) is 4.84. The molecule has 2 saturated heterocycles. The van der Waals surface area contributed by atoms with Gasteiger partial charge in [-0.05, 0) is 25.0 Å². The van der Waals surface area contributed by atoms with E-state index in [1.165, 1.54) is 40.5 Å². The Morgan fingerprint density at radius 3 is 2.70 bits per heavy atom. The number of hydrogen-bond donors (Lipinski definition) is 1. The number of nitrogens with zero attached hydrogens (tertiary/aromatic N) is 2. The van der Waals surface area contributed by atoms with E-state index in [2.05, 4.69) is 23.1 Å². The van der Waals surface area contributed by atoms with Crippen molar-refractivity contribution in [2.75, 3.05) is 32.7 Å². The highest BCUT2D eigenvalue weighted by molar-refractivity contribution is 7.18. The number of carbonyl (C=O) groups excluding carboxylic acids is 1. The van der Waals surface area contributed by atoms with Gasteiger partial charge in [0.2, 0.25) is 0 Å². The largest absolute Gasteiger partial charge is 0.338 e. The molecule has 4 rings (SSSR count). The standard InChI is InChI=1S/C18H23N3OS/c22-17(13-20-9-3-4-10-20)21-11-7-14(8-12-21)18-19-15-5-1-2-6-16(15)23-18/h1-2,5-6,14H,3-4,7-13H2/p+1. The summed E-state index contributed by atoms with van der Waals surface area (Å²) in [6, 6.07) is 8.36. The number of aromatic nitrogens is 1. The molecule has 0 spiro atoms. The molecule has 3 heterocycles. The van der Waals surface area contributed by atoms with Crippen LogP contribution in [0.3, 0.4) is 0 Å². The number of hydrogen-bond acceptors (Lipinski definition) is 3. The number of thiazole rings is 1. The van der Waals surface area contributed by atoms with E-state index in [4.69, 9.17) is 4.98 Å². The first-order valence-corrected chi connectivity index (χ1v) is 9.58. The number of nitrogens with one attached hydrogen (secondary N) is 1. The van der Waals surface area contributed by atoms with Crippen molar-refractivity contribution in [3.8, 4) is 0 Å². The molecular formula is C18H24N3OS+. The fourth-order valence-electron chi connectivity index (χ4n) is 3.82. The molecule has 2 aliphatic heterocycles. The van der Waals surface area contributed by atoms with Crippen molar-refractivity contribution in [2.24, 2.45) is 0 Å². The van der Waals surface area contributed by atoms with Gasteiger partial charge in [-0.3, -0.25) is 4.79 Å². The van der Waals surface area contributed by atoms with E-state index in [9.17, 15) is 4.79 Å². The molecule has 0 bridgehead atoms. The van der Waals surface area contributed by atoms with Gasteiger partial charge in [0.15, 0.2) is 6.54 Å². The van der Waals surface area contributed by atoms with Gasteiger partial charge in [0.25, 0.3) is 5.91 Å². The maximum atomic E-state index is 12.4. The smallest absolute Gasteiger partial charge is 0.277 e. The van der Waals surface area contributed by atoms with E-state index >= 15 is 0 Å². The summed E-state index contributed by atoms with van der Waals surface area (Å²) >= 11 is 1.82. The van der Waals surface area contributed by atoms with E-state index in [1.807, 2.05) is 17.4 Å². The summed E-state index contributed by atoms with van der Waals surface area (Å²) < 4.78 is 1.28. The van der Waals surface area contributed by atoms with Gasteiger partial charge in [-0.25, -0.2) is 4.98 Å². The Morgan fingerprint density at radius 1 is 1.22 bits per heavy atom. The Balaban J connectivity index is 1.35. The Labute approximate surface area is 141 Å². The van der Waals surface area contributed by atoms with Crippen LogP contribution in [0, 0.1) is 0 Å². The first-order valence-electron chi connectivity index (χ1n) is 8.76. The fraction of sp³-hybridized carbons (Fsp3) is 0.556. The van der Waals surface area contributed by atoms with Crippen molar-refractivity contribution in [3.05, 3.63) is 29.3 Å². The number of carbonyl (C=O) groups is 1. The fourth-order valence-corrected chi connectivity index (χ4v) is 4.95.